The van der Waals surface area contributed by atoms with E-state index in [1.54, 1.807) is 7.11 Å². The normalized spacial score (nSPS) is 10.5. The molecule has 0 aliphatic rings. The average molecular weight is 228 g/mol. The van der Waals surface area contributed by atoms with Crippen molar-refractivity contribution in [3.05, 3.63) is 17.0 Å². The number of nitrogens with one attached hydrogen (secondary N) is 1. The molecule has 2 rings (SSSR count). The van der Waals surface area contributed by atoms with Gasteiger partial charge in [-0.05, 0) is 15.9 Å². The van der Waals surface area contributed by atoms with E-state index in [2.05, 4.69) is 30.9 Å². The molecule has 0 fully saturated rings. The van der Waals surface area contributed by atoms with E-state index in [0.717, 1.165) is 15.5 Å². The van der Waals surface area contributed by atoms with Crippen LogP contribution >= 0.6 is 15.9 Å². The monoisotopic (exact) mass is 227 g/mol. The van der Waals surface area contributed by atoms with Crippen LogP contribution in [0.1, 0.15) is 0 Å². The quantitative estimate of drug-likeness (QED) is 0.808. The van der Waals surface area contributed by atoms with Gasteiger partial charge < -0.3 is 9.72 Å². The minimum absolute atomic E-state index is 0.561. The Kier molecular flexibility index (Phi) is 1.73. The van der Waals surface area contributed by atoms with Gasteiger partial charge in [0.2, 0.25) is 5.88 Å². The zero-order valence-corrected chi connectivity index (χ0v) is 7.92. The summed E-state index contributed by atoms with van der Waals surface area (Å²) < 4.78 is 5.95. The van der Waals surface area contributed by atoms with E-state index < -0.39 is 0 Å². The third-order valence-corrected chi connectivity index (χ3v) is 2.18. The summed E-state index contributed by atoms with van der Waals surface area (Å²) in [5.74, 6) is 0.561. The van der Waals surface area contributed by atoms with Crippen LogP contribution in [-0.2, 0) is 0 Å². The summed E-state index contributed by atoms with van der Waals surface area (Å²) in [5, 5.41) is 0. The summed E-state index contributed by atoms with van der Waals surface area (Å²) in [6, 6.07) is 0. The van der Waals surface area contributed by atoms with E-state index in [1.807, 2.05) is 6.20 Å². The molecule has 0 atom stereocenters. The number of hydrogen-bond donors (Lipinski definition) is 1. The molecule has 62 valence electrons. The molecule has 0 aromatic carbocycles. The second kappa shape index (κ2) is 2.75. The molecule has 0 aliphatic heterocycles. The van der Waals surface area contributed by atoms with Crippen LogP contribution < -0.4 is 4.74 Å². The molecule has 5 heteroatoms. The maximum atomic E-state index is 5.04. The standard InChI is InChI=1S/C7H6BrN3O/c1-12-7-6-5(10-3-11-7)4(8)2-9-6/h2-3,9H,1H3. The number of aromatic amines is 1. The van der Waals surface area contributed by atoms with Gasteiger partial charge in [0, 0.05) is 6.20 Å². The molecule has 0 spiro atoms. The Morgan fingerprint density at radius 3 is 3.08 bits per heavy atom. The Hall–Kier alpha value is -1.10. The lowest BCUT2D eigenvalue weighted by Gasteiger charge is -1.97. The van der Waals surface area contributed by atoms with Crippen LogP contribution in [0.2, 0.25) is 0 Å². The smallest absolute Gasteiger partial charge is 0.241 e. The van der Waals surface area contributed by atoms with Crippen molar-refractivity contribution in [2.45, 2.75) is 0 Å². The highest BCUT2D eigenvalue weighted by Gasteiger charge is 2.07. The fraction of sp³-hybridized carbons (Fsp3) is 0.143. The molecule has 0 amide bonds. The van der Waals surface area contributed by atoms with Gasteiger partial charge in [-0.15, -0.1) is 0 Å². The minimum atomic E-state index is 0.561. The number of methoxy groups -OCH3 is 1. The molecule has 0 bridgehead atoms. The zero-order chi connectivity index (χ0) is 8.55. The first-order valence-corrected chi connectivity index (χ1v) is 4.14. The van der Waals surface area contributed by atoms with Crippen molar-refractivity contribution in [2.24, 2.45) is 0 Å². The summed E-state index contributed by atoms with van der Waals surface area (Å²) in [4.78, 5) is 11.0. The van der Waals surface area contributed by atoms with Gasteiger partial charge in [-0.25, -0.2) is 4.98 Å². The highest BCUT2D eigenvalue weighted by molar-refractivity contribution is 9.10. The molecular formula is C7H6BrN3O. The van der Waals surface area contributed by atoms with E-state index in [-0.39, 0.29) is 0 Å². The third kappa shape index (κ3) is 0.972. The van der Waals surface area contributed by atoms with E-state index >= 15 is 0 Å². The lowest BCUT2D eigenvalue weighted by Crippen LogP contribution is -1.89. The van der Waals surface area contributed by atoms with Crippen molar-refractivity contribution in [3.8, 4) is 5.88 Å². The molecule has 2 heterocycles. The lowest BCUT2D eigenvalue weighted by molar-refractivity contribution is 0.402. The van der Waals surface area contributed by atoms with Gasteiger partial charge in [0.1, 0.15) is 17.4 Å². The largest absolute Gasteiger partial charge is 0.479 e. The third-order valence-electron chi connectivity index (χ3n) is 1.58. The second-order valence-corrected chi connectivity index (χ2v) is 3.10. The predicted molar refractivity (Wildman–Crippen MR) is 48.1 cm³/mol. The van der Waals surface area contributed by atoms with Crippen molar-refractivity contribution in [2.75, 3.05) is 7.11 Å². The van der Waals surface area contributed by atoms with Crippen LogP contribution in [-0.4, -0.2) is 22.1 Å². The van der Waals surface area contributed by atoms with Gasteiger partial charge in [-0.1, -0.05) is 0 Å². The number of hydrogen-bond acceptors (Lipinski definition) is 3. The zero-order valence-electron chi connectivity index (χ0n) is 6.34. The Morgan fingerprint density at radius 2 is 2.33 bits per heavy atom. The molecule has 0 unspecified atom stereocenters. The number of nitrogens with zero attached hydrogens (tertiary/aromatic N) is 2. The summed E-state index contributed by atoms with van der Waals surface area (Å²) in [7, 11) is 1.58. The van der Waals surface area contributed by atoms with Crippen molar-refractivity contribution in [3.63, 3.8) is 0 Å². The number of H-pyrrole nitrogens is 1. The Bertz CT molecular complexity index is 412. The highest BCUT2D eigenvalue weighted by Crippen LogP contribution is 2.25. The van der Waals surface area contributed by atoms with Crippen LogP contribution in [0.3, 0.4) is 0 Å². The van der Waals surface area contributed by atoms with Gasteiger partial charge in [0.25, 0.3) is 0 Å². The van der Waals surface area contributed by atoms with E-state index in [0.29, 0.717) is 5.88 Å². The molecule has 0 saturated carbocycles. The molecule has 0 saturated heterocycles. The van der Waals surface area contributed by atoms with Crippen LogP contribution in [0.15, 0.2) is 17.0 Å². The van der Waals surface area contributed by atoms with E-state index in [9.17, 15) is 0 Å². The minimum Gasteiger partial charge on any atom is -0.479 e. The van der Waals surface area contributed by atoms with Gasteiger partial charge in [-0.2, -0.15) is 4.98 Å². The number of ether oxygens (including phenoxy) is 1. The molecule has 4 nitrogen and oxygen atoms in total. The molecule has 2 aromatic rings. The van der Waals surface area contributed by atoms with Crippen molar-refractivity contribution in [1.82, 2.24) is 15.0 Å². The number of rotatable bonds is 1. The molecule has 12 heavy (non-hydrogen) atoms. The Labute approximate surface area is 77.1 Å². The molecular weight excluding hydrogens is 222 g/mol. The first kappa shape index (κ1) is 7.54. The summed E-state index contributed by atoms with van der Waals surface area (Å²) in [5.41, 5.74) is 1.65. The van der Waals surface area contributed by atoms with Crippen molar-refractivity contribution >= 4 is 27.0 Å². The first-order valence-electron chi connectivity index (χ1n) is 3.34. The summed E-state index contributed by atoms with van der Waals surface area (Å²) in [6.07, 6.45) is 3.28. The van der Waals surface area contributed by atoms with E-state index in [1.165, 1.54) is 6.33 Å². The molecule has 0 aliphatic carbocycles. The molecule has 0 radical (unpaired) electrons. The number of halogens is 1. The fourth-order valence-electron chi connectivity index (χ4n) is 1.04. The summed E-state index contributed by atoms with van der Waals surface area (Å²) >= 11 is 3.35. The first-order chi connectivity index (χ1) is 5.83. The fourth-order valence-corrected chi connectivity index (χ4v) is 1.45. The van der Waals surface area contributed by atoms with Crippen molar-refractivity contribution in [1.29, 1.82) is 0 Å². The van der Waals surface area contributed by atoms with Crippen molar-refractivity contribution < 1.29 is 4.74 Å². The van der Waals surface area contributed by atoms with Gasteiger partial charge >= 0.3 is 0 Å². The van der Waals surface area contributed by atoms with Crippen LogP contribution in [0.5, 0.6) is 5.88 Å². The topological polar surface area (TPSA) is 50.8 Å². The van der Waals surface area contributed by atoms with Gasteiger partial charge in [0.05, 0.1) is 11.6 Å². The lowest BCUT2D eigenvalue weighted by atomic mass is 10.4. The maximum Gasteiger partial charge on any atom is 0.241 e. The summed E-state index contributed by atoms with van der Waals surface area (Å²) in [6.45, 7) is 0. The predicted octanol–water partition coefficient (Wildman–Crippen LogP) is 1.73. The average Bonchev–Trinajstić information content (AvgIpc) is 2.48. The van der Waals surface area contributed by atoms with Crippen LogP contribution in [0.25, 0.3) is 11.0 Å². The molecule has 1 N–H and O–H groups in total. The Morgan fingerprint density at radius 1 is 1.50 bits per heavy atom. The van der Waals surface area contributed by atoms with Crippen LogP contribution in [0, 0.1) is 0 Å². The number of fused-ring (bicyclic) bond motifs is 1. The highest BCUT2D eigenvalue weighted by atomic mass is 79.9. The molecule has 2 aromatic heterocycles. The van der Waals surface area contributed by atoms with Crippen LogP contribution in [0.4, 0.5) is 0 Å². The van der Waals surface area contributed by atoms with Gasteiger partial charge in [0.15, 0.2) is 0 Å². The van der Waals surface area contributed by atoms with E-state index in [4.69, 9.17) is 4.74 Å². The van der Waals surface area contributed by atoms with Gasteiger partial charge in [-0.3, -0.25) is 0 Å². The maximum absolute atomic E-state index is 5.04. The SMILES string of the molecule is COc1ncnc2c(Br)c[nH]c12. The number of aromatic nitrogens is 3. The Balaban J connectivity index is 2.81. The second-order valence-electron chi connectivity index (χ2n) is 2.24.